The van der Waals surface area contributed by atoms with Crippen LogP contribution in [0.1, 0.15) is 22.6 Å². The molecule has 2 amide bonds. The van der Waals surface area contributed by atoms with Gasteiger partial charge in [-0.2, -0.15) is 0 Å². The van der Waals surface area contributed by atoms with Crippen molar-refractivity contribution in [2.24, 2.45) is 0 Å². The maximum Gasteiger partial charge on any atom is 0.253 e. The van der Waals surface area contributed by atoms with E-state index < -0.39 is 0 Å². The molecule has 156 valence electrons. The maximum atomic E-state index is 12.6. The molecule has 0 aliphatic rings. The van der Waals surface area contributed by atoms with Crippen molar-refractivity contribution in [1.29, 1.82) is 0 Å². The largest absolute Gasteiger partial charge is 0.345 e. The lowest BCUT2D eigenvalue weighted by molar-refractivity contribution is -0.116. The number of hydrogen-bond donors (Lipinski definition) is 1. The predicted octanol–water partition coefficient (Wildman–Crippen LogP) is 4.30. The third-order valence-electron chi connectivity index (χ3n) is 5.04. The average molecular weight is 412 g/mol. The van der Waals surface area contributed by atoms with E-state index in [1.54, 1.807) is 38.4 Å². The van der Waals surface area contributed by atoms with Crippen LogP contribution in [-0.2, 0) is 11.2 Å². The molecule has 4 aromatic rings. The Morgan fingerprint density at radius 3 is 2.29 bits per heavy atom. The summed E-state index contributed by atoms with van der Waals surface area (Å²) in [5.74, 6) is 0.672. The number of carbonyl (C=O) groups excluding carboxylic acids is 2. The molecule has 1 aromatic heterocycles. The van der Waals surface area contributed by atoms with Crippen molar-refractivity contribution >= 4 is 28.5 Å². The van der Waals surface area contributed by atoms with Gasteiger partial charge in [0.15, 0.2) is 0 Å². The first-order valence-corrected chi connectivity index (χ1v) is 10.2. The number of nitrogens with zero attached hydrogens (tertiary/aromatic N) is 3. The molecule has 0 atom stereocenters. The fourth-order valence-electron chi connectivity index (χ4n) is 3.51. The van der Waals surface area contributed by atoms with Crippen LogP contribution in [0.3, 0.4) is 0 Å². The second-order valence-electron chi connectivity index (χ2n) is 7.51. The minimum Gasteiger partial charge on any atom is -0.345 e. The molecule has 6 heteroatoms. The number of benzene rings is 3. The van der Waals surface area contributed by atoms with E-state index in [-0.39, 0.29) is 11.8 Å². The van der Waals surface area contributed by atoms with Gasteiger partial charge in [0.25, 0.3) is 5.91 Å². The molecule has 4 rings (SSSR count). The number of imidazole rings is 1. The number of para-hydroxylation sites is 3. The molecule has 31 heavy (non-hydrogen) atoms. The van der Waals surface area contributed by atoms with E-state index in [2.05, 4.69) is 9.88 Å². The summed E-state index contributed by atoms with van der Waals surface area (Å²) >= 11 is 0. The zero-order valence-corrected chi connectivity index (χ0v) is 17.6. The van der Waals surface area contributed by atoms with Gasteiger partial charge >= 0.3 is 0 Å². The molecule has 0 spiro atoms. The van der Waals surface area contributed by atoms with Crippen LogP contribution in [0.5, 0.6) is 0 Å². The number of rotatable bonds is 6. The smallest absolute Gasteiger partial charge is 0.253 e. The highest BCUT2D eigenvalue weighted by Crippen LogP contribution is 2.22. The van der Waals surface area contributed by atoms with Gasteiger partial charge in [0, 0.05) is 43.9 Å². The highest BCUT2D eigenvalue weighted by atomic mass is 16.2. The highest BCUT2D eigenvalue weighted by molar-refractivity contribution is 5.95. The van der Waals surface area contributed by atoms with Crippen molar-refractivity contribution in [1.82, 2.24) is 14.5 Å². The highest BCUT2D eigenvalue weighted by Gasteiger charge is 2.14. The average Bonchev–Trinajstić information content (AvgIpc) is 3.16. The Morgan fingerprint density at radius 2 is 1.58 bits per heavy atom. The SMILES string of the molecule is CN(C)C(=O)c1ccc(NC(=O)CCc2nc3ccccc3n2-c2ccccc2)cc1. The van der Waals surface area contributed by atoms with Gasteiger partial charge < -0.3 is 10.2 Å². The molecule has 0 aliphatic heterocycles. The van der Waals surface area contributed by atoms with Crippen molar-refractivity contribution in [3.8, 4) is 5.69 Å². The molecule has 0 saturated heterocycles. The summed E-state index contributed by atoms with van der Waals surface area (Å²) in [7, 11) is 3.42. The summed E-state index contributed by atoms with van der Waals surface area (Å²) in [6.45, 7) is 0. The second-order valence-corrected chi connectivity index (χ2v) is 7.51. The van der Waals surface area contributed by atoms with Gasteiger partial charge in [0.1, 0.15) is 5.82 Å². The van der Waals surface area contributed by atoms with Gasteiger partial charge in [0.05, 0.1) is 11.0 Å². The van der Waals surface area contributed by atoms with E-state index in [0.717, 1.165) is 22.5 Å². The first-order valence-electron chi connectivity index (χ1n) is 10.2. The van der Waals surface area contributed by atoms with Crippen LogP contribution >= 0.6 is 0 Å². The number of carbonyl (C=O) groups is 2. The lowest BCUT2D eigenvalue weighted by Crippen LogP contribution is -2.21. The Balaban J connectivity index is 1.48. The van der Waals surface area contributed by atoms with E-state index in [0.29, 0.717) is 24.1 Å². The summed E-state index contributed by atoms with van der Waals surface area (Å²) in [5.41, 5.74) is 4.19. The van der Waals surface area contributed by atoms with E-state index in [4.69, 9.17) is 4.98 Å². The van der Waals surface area contributed by atoms with Crippen LogP contribution in [-0.4, -0.2) is 40.4 Å². The Kier molecular flexibility index (Phi) is 5.80. The third-order valence-corrected chi connectivity index (χ3v) is 5.04. The van der Waals surface area contributed by atoms with Gasteiger partial charge in [-0.1, -0.05) is 30.3 Å². The van der Waals surface area contributed by atoms with Crippen molar-refractivity contribution in [2.45, 2.75) is 12.8 Å². The van der Waals surface area contributed by atoms with Gasteiger partial charge in [-0.15, -0.1) is 0 Å². The molecule has 1 N–H and O–H groups in total. The van der Waals surface area contributed by atoms with Gasteiger partial charge in [0.2, 0.25) is 5.91 Å². The zero-order valence-electron chi connectivity index (χ0n) is 17.6. The molecule has 6 nitrogen and oxygen atoms in total. The fraction of sp³-hybridized carbons (Fsp3) is 0.160. The summed E-state index contributed by atoms with van der Waals surface area (Å²) in [5, 5.41) is 2.90. The summed E-state index contributed by atoms with van der Waals surface area (Å²) in [4.78, 5) is 30.8. The molecule has 0 saturated carbocycles. The van der Waals surface area contributed by atoms with Crippen LogP contribution in [0.4, 0.5) is 5.69 Å². The van der Waals surface area contributed by atoms with E-state index >= 15 is 0 Å². The Hall–Kier alpha value is -3.93. The summed E-state index contributed by atoms with van der Waals surface area (Å²) in [6, 6.07) is 24.9. The van der Waals surface area contributed by atoms with Crippen LogP contribution in [0.2, 0.25) is 0 Å². The van der Waals surface area contributed by atoms with Crippen LogP contribution in [0, 0.1) is 0 Å². The molecule has 1 heterocycles. The lowest BCUT2D eigenvalue weighted by Gasteiger charge is -2.11. The number of amides is 2. The van der Waals surface area contributed by atoms with Crippen LogP contribution in [0.25, 0.3) is 16.7 Å². The molecule has 0 fully saturated rings. The topological polar surface area (TPSA) is 67.2 Å². The number of hydrogen-bond acceptors (Lipinski definition) is 3. The fourth-order valence-corrected chi connectivity index (χ4v) is 3.51. The van der Waals surface area contributed by atoms with Gasteiger partial charge in [-0.05, 0) is 48.5 Å². The molecular weight excluding hydrogens is 388 g/mol. The first-order chi connectivity index (χ1) is 15.0. The summed E-state index contributed by atoms with van der Waals surface area (Å²) < 4.78 is 2.10. The van der Waals surface area contributed by atoms with Crippen molar-refractivity contribution in [3.63, 3.8) is 0 Å². The lowest BCUT2D eigenvalue weighted by atomic mass is 10.2. The molecule has 0 aliphatic carbocycles. The zero-order chi connectivity index (χ0) is 21.8. The predicted molar refractivity (Wildman–Crippen MR) is 122 cm³/mol. The second kappa shape index (κ2) is 8.83. The van der Waals surface area contributed by atoms with E-state index in [1.807, 2.05) is 54.6 Å². The number of aromatic nitrogens is 2. The Morgan fingerprint density at radius 1 is 0.903 bits per heavy atom. The maximum absolute atomic E-state index is 12.6. The Bertz CT molecular complexity index is 1210. The molecule has 0 bridgehead atoms. The van der Waals surface area contributed by atoms with E-state index in [9.17, 15) is 9.59 Å². The third kappa shape index (κ3) is 4.48. The number of aryl methyl sites for hydroxylation is 1. The van der Waals surface area contributed by atoms with Gasteiger partial charge in [-0.25, -0.2) is 4.98 Å². The number of fused-ring (bicyclic) bond motifs is 1. The number of anilines is 1. The van der Waals surface area contributed by atoms with Crippen molar-refractivity contribution in [2.75, 3.05) is 19.4 Å². The summed E-state index contributed by atoms with van der Waals surface area (Å²) in [6.07, 6.45) is 0.807. The molecule has 0 unspecified atom stereocenters. The van der Waals surface area contributed by atoms with Gasteiger partial charge in [-0.3, -0.25) is 14.2 Å². The molecule has 0 radical (unpaired) electrons. The first kappa shape index (κ1) is 20.3. The van der Waals surface area contributed by atoms with Crippen molar-refractivity contribution in [3.05, 3.63) is 90.3 Å². The normalized spacial score (nSPS) is 10.8. The van der Waals surface area contributed by atoms with E-state index in [1.165, 1.54) is 4.90 Å². The number of nitrogens with one attached hydrogen (secondary N) is 1. The van der Waals surface area contributed by atoms with Crippen molar-refractivity contribution < 1.29 is 9.59 Å². The van der Waals surface area contributed by atoms with Crippen LogP contribution < -0.4 is 5.32 Å². The Labute approximate surface area is 181 Å². The standard InChI is InChI=1S/C25H24N4O2/c1-28(2)25(31)18-12-14-19(15-13-18)26-24(30)17-16-23-27-21-10-6-7-11-22(21)29(23)20-8-4-3-5-9-20/h3-15H,16-17H2,1-2H3,(H,26,30). The monoisotopic (exact) mass is 412 g/mol. The molecule has 3 aromatic carbocycles. The molecular formula is C25H24N4O2. The minimum atomic E-state index is -0.0987. The minimum absolute atomic E-state index is 0.0716. The quantitative estimate of drug-likeness (QED) is 0.513. The van der Waals surface area contributed by atoms with Crippen LogP contribution in [0.15, 0.2) is 78.9 Å².